The van der Waals surface area contributed by atoms with E-state index in [4.69, 9.17) is 0 Å². The second-order valence-corrected chi connectivity index (χ2v) is 4.41. The summed E-state index contributed by atoms with van der Waals surface area (Å²) < 4.78 is 88.6. The number of alkyl halides is 6. The van der Waals surface area contributed by atoms with Gasteiger partial charge in [0.05, 0.1) is 16.8 Å². The normalized spacial score (nSPS) is 12.8. The Labute approximate surface area is 125 Å². The van der Waals surface area contributed by atoms with E-state index in [1.165, 1.54) is 0 Å². The molecule has 0 bridgehead atoms. The quantitative estimate of drug-likeness (QED) is 0.455. The molecule has 2 nitrogen and oxygen atoms in total. The van der Waals surface area contributed by atoms with Gasteiger partial charge in [-0.2, -0.15) is 31.5 Å². The highest BCUT2D eigenvalue weighted by Crippen LogP contribution is 2.34. The van der Waals surface area contributed by atoms with Gasteiger partial charge in [-0.1, -0.05) is 6.07 Å². The monoisotopic (exact) mass is 336 g/mol. The number of benzene rings is 2. The Morgan fingerprint density at radius 1 is 0.696 bits per heavy atom. The predicted molar refractivity (Wildman–Crippen MR) is 67.0 cm³/mol. The highest BCUT2D eigenvalue weighted by atomic mass is 19.4. The minimum atomic E-state index is -4.70. The van der Waals surface area contributed by atoms with Crippen LogP contribution in [0.2, 0.25) is 0 Å². The summed E-state index contributed by atoms with van der Waals surface area (Å²) in [5.41, 5.74) is -3.13. The second kappa shape index (κ2) is 5.98. The molecule has 0 aliphatic carbocycles. The molecule has 0 heterocycles. The van der Waals surface area contributed by atoms with Crippen LogP contribution in [0.4, 0.5) is 42.1 Å². The Balaban J connectivity index is 2.34. The predicted octanol–water partition coefficient (Wildman–Crippen LogP) is 6.28. The van der Waals surface area contributed by atoms with Crippen LogP contribution in [0.3, 0.4) is 0 Å². The molecule has 0 atom stereocenters. The van der Waals surface area contributed by atoms with Crippen LogP contribution in [-0.4, -0.2) is 0 Å². The van der Waals surface area contributed by atoms with Gasteiger partial charge in [0.15, 0.2) is 5.82 Å². The SMILES string of the molecule is Fc1ccc(C(F)(F)F)cc1/N=N/c1cccc(C(F)(F)F)c1. The van der Waals surface area contributed by atoms with E-state index < -0.39 is 35.0 Å². The first-order valence-corrected chi connectivity index (χ1v) is 6.03. The molecule has 0 aromatic heterocycles. The van der Waals surface area contributed by atoms with E-state index in [9.17, 15) is 30.7 Å². The Kier molecular flexibility index (Phi) is 4.39. The van der Waals surface area contributed by atoms with E-state index in [0.717, 1.165) is 18.2 Å². The van der Waals surface area contributed by atoms with Crippen LogP contribution in [0, 0.1) is 5.82 Å². The zero-order chi connectivity index (χ0) is 17.3. The second-order valence-electron chi connectivity index (χ2n) is 4.41. The molecule has 23 heavy (non-hydrogen) atoms. The van der Waals surface area contributed by atoms with Crippen molar-refractivity contribution in [3.63, 3.8) is 0 Å². The molecule has 0 saturated heterocycles. The third kappa shape index (κ3) is 4.27. The molecule has 0 aliphatic heterocycles. The number of halogens is 7. The molecular weight excluding hydrogens is 329 g/mol. The maximum atomic E-state index is 13.4. The van der Waals surface area contributed by atoms with Crippen molar-refractivity contribution in [1.82, 2.24) is 0 Å². The molecule has 0 N–H and O–H groups in total. The molecule has 0 unspecified atom stereocenters. The number of hydrogen-bond donors (Lipinski definition) is 0. The number of hydrogen-bond acceptors (Lipinski definition) is 2. The van der Waals surface area contributed by atoms with Crippen LogP contribution in [0.15, 0.2) is 52.7 Å². The Morgan fingerprint density at radius 2 is 1.30 bits per heavy atom. The summed E-state index contributed by atoms with van der Waals surface area (Å²) in [4.78, 5) is 0. The molecule has 0 radical (unpaired) electrons. The molecule has 0 aliphatic rings. The average Bonchev–Trinajstić information content (AvgIpc) is 2.44. The van der Waals surface area contributed by atoms with E-state index in [-0.39, 0.29) is 5.69 Å². The molecule has 0 amide bonds. The lowest BCUT2D eigenvalue weighted by atomic mass is 10.2. The summed E-state index contributed by atoms with van der Waals surface area (Å²) in [6, 6.07) is 5.16. The number of rotatable bonds is 2. The van der Waals surface area contributed by atoms with E-state index in [0.29, 0.717) is 24.3 Å². The van der Waals surface area contributed by atoms with E-state index in [2.05, 4.69) is 10.2 Å². The average molecular weight is 336 g/mol. The van der Waals surface area contributed by atoms with Crippen molar-refractivity contribution < 1.29 is 30.7 Å². The van der Waals surface area contributed by atoms with Gasteiger partial charge < -0.3 is 0 Å². The van der Waals surface area contributed by atoms with Crippen molar-refractivity contribution in [2.45, 2.75) is 12.4 Å². The fourth-order valence-corrected chi connectivity index (χ4v) is 1.62. The number of azo groups is 1. The topological polar surface area (TPSA) is 24.7 Å². The largest absolute Gasteiger partial charge is 0.416 e. The molecular formula is C14H7F7N2. The maximum Gasteiger partial charge on any atom is 0.416 e. The van der Waals surface area contributed by atoms with Gasteiger partial charge in [0, 0.05) is 0 Å². The molecule has 0 fully saturated rings. The first kappa shape index (κ1) is 16.9. The zero-order valence-corrected chi connectivity index (χ0v) is 11.1. The summed E-state index contributed by atoms with van der Waals surface area (Å²) in [6.07, 6.45) is -9.30. The van der Waals surface area contributed by atoms with Gasteiger partial charge in [0.2, 0.25) is 0 Å². The smallest absolute Gasteiger partial charge is 0.205 e. The highest BCUT2D eigenvalue weighted by Gasteiger charge is 2.31. The van der Waals surface area contributed by atoms with Crippen LogP contribution in [-0.2, 0) is 12.4 Å². The van der Waals surface area contributed by atoms with Crippen molar-refractivity contribution in [3.8, 4) is 0 Å². The molecule has 122 valence electrons. The van der Waals surface area contributed by atoms with Crippen LogP contribution >= 0.6 is 0 Å². The molecule has 9 heteroatoms. The molecule has 2 aromatic rings. The lowest BCUT2D eigenvalue weighted by Crippen LogP contribution is -2.04. The first-order valence-electron chi connectivity index (χ1n) is 6.03. The molecule has 2 rings (SSSR count). The van der Waals surface area contributed by atoms with Crippen molar-refractivity contribution in [2.24, 2.45) is 10.2 Å². The number of nitrogens with zero attached hydrogens (tertiary/aromatic N) is 2. The van der Waals surface area contributed by atoms with Crippen LogP contribution in [0.5, 0.6) is 0 Å². The summed E-state index contributed by atoms with van der Waals surface area (Å²) in [5, 5.41) is 6.61. The summed E-state index contributed by atoms with van der Waals surface area (Å²) in [7, 11) is 0. The van der Waals surface area contributed by atoms with Gasteiger partial charge in [0.25, 0.3) is 0 Å². The maximum absolute atomic E-state index is 13.4. The fraction of sp³-hybridized carbons (Fsp3) is 0.143. The van der Waals surface area contributed by atoms with Crippen molar-refractivity contribution in [1.29, 1.82) is 0 Å². The third-order valence-corrected chi connectivity index (χ3v) is 2.72. The standard InChI is InChI=1S/C14H7F7N2/c15-11-5-4-9(14(19,20)21)7-12(11)23-22-10-3-1-2-8(6-10)13(16,17)18/h1-7H/b23-22+. The van der Waals surface area contributed by atoms with Crippen molar-refractivity contribution >= 4 is 11.4 Å². The van der Waals surface area contributed by atoms with Crippen molar-refractivity contribution in [2.75, 3.05) is 0 Å². The van der Waals surface area contributed by atoms with Gasteiger partial charge >= 0.3 is 12.4 Å². The van der Waals surface area contributed by atoms with Gasteiger partial charge in [-0.25, -0.2) is 4.39 Å². The van der Waals surface area contributed by atoms with Crippen LogP contribution < -0.4 is 0 Å². The Bertz CT molecular complexity index is 733. The fourth-order valence-electron chi connectivity index (χ4n) is 1.62. The lowest BCUT2D eigenvalue weighted by molar-refractivity contribution is -0.138. The Hall–Kier alpha value is -2.45. The molecule has 0 spiro atoms. The molecule has 0 saturated carbocycles. The van der Waals surface area contributed by atoms with Gasteiger partial charge in [-0.15, -0.1) is 5.11 Å². The lowest BCUT2D eigenvalue weighted by Gasteiger charge is -2.07. The Morgan fingerprint density at radius 3 is 1.91 bits per heavy atom. The van der Waals surface area contributed by atoms with Gasteiger partial charge in [-0.05, 0) is 36.4 Å². The van der Waals surface area contributed by atoms with Crippen LogP contribution in [0.25, 0.3) is 0 Å². The van der Waals surface area contributed by atoms with E-state index in [1.54, 1.807) is 0 Å². The highest BCUT2D eigenvalue weighted by molar-refractivity contribution is 5.45. The zero-order valence-electron chi connectivity index (χ0n) is 11.1. The summed E-state index contributed by atoms with van der Waals surface area (Å²) >= 11 is 0. The third-order valence-electron chi connectivity index (χ3n) is 2.72. The summed E-state index contributed by atoms with van der Waals surface area (Å²) in [5.74, 6) is -1.08. The van der Waals surface area contributed by atoms with E-state index >= 15 is 0 Å². The van der Waals surface area contributed by atoms with Gasteiger partial charge in [0.1, 0.15) is 5.69 Å². The van der Waals surface area contributed by atoms with Crippen LogP contribution in [0.1, 0.15) is 11.1 Å². The molecule has 2 aromatic carbocycles. The minimum absolute atomic E-state index is 0.267. The van der Waals surface area contributed by atoms with Gasteiger partial charge in [-0.3, -0.25) is 0 Å². The van der Waals surface area contributed by atoms with E-state index in [1.807, 2.05) is 0 Å². The van der Waals surface area contributed by atoms with Crippen molar-refractivity contribution in [3.05, 3.63) is 59.4 Å². The minimum Gasteiger partial charge on any atom is -0.205 e. The summed E-state index contributed by atoms with van der Waals surface area (Å²) in [6.45, 7) is 0. The first-order chi connectivity index (χ1) is 10.6.